The van der Waals surface area contributed by atoms with Crippen LogP contribution < -0.4 is 27.0 Å². The minimum Gasteiger partial charge on any atom is -0.378 e. The fourth-order valence-electron chi connectivity index (χ4n) is 8.91. The molecule has 0 aromatic rings. The first-order valence-corrected chi connectivity index (χ1v) is 29.8. The molecule has 0 saturated carbocycles. The summed E-state index contributed by atoms with van der Waals surface area (Å²) in [6.45, 7) is 13.2. The molecule has 0 aromatic carbocycles. The molecular weight excluding hydrogens is 1060 g/mol. The summed E-state index contributed by atoms with van der Waals surface area (Å²) >= 11 is 0. The van der Waals surface area contributed by atoms with Gasteiger partial charge in [-0.25, -0.2) is 0 Å². The summed E-state index contributed by atoms with van der Waals surface area (Å²) in [6.07, 6.45) is -1.92. The van der Waals surface area contributed by atoms with Gasteiger partial charge in [0.2, 0.25) is 23.6 Å². The lowest BCUT2D eigenvalue weighted by atomic mass is 9.86. The van der Waals surface area contributed by atoms with Gasteiger partial charge in [0.05, 0.1) is 37.9 Å². The van der Waals surface area contributed by atoms with Crippen molar-refractivity contribution >= 4 is 87.2 Å². The molecule has 0 radical (unpaired) electrons. The fourth-order valence-corrected chi connectivity index (χ4v) is 8.91. The lowest BCUT2D eigenvalue weighted by molar-refractivity contribution is -0.136. The van der Waals surface area contributed by atoms with Crippen LogP contribution in [0.1, 0.15) is 216 Å². The van der Waals surface area contributed by atoms with E-state index in [1.54, 1.807) is 55.4 Å². The second kappa shape index (κ2) is 44.7. The highest BCUT2D eigenvalue weighted by Crippen LogP contribution is 2.22. The summed E-state index contributed by atoms with van der Waals surface area (Å²) in [5.41, 5.74) is 5.47. The van der Waals surface area contributed by atoms with Crippen molar-refractivity contribution in [1.29, 1.82) is 0 Å². The van der Waals surface area contributed by atoms with Gasteiger partial charge < -0.3 is 36.5 Å². The number of hydrogen-bond acceptors (Lipinski definition) is 18. The SMILES string of the molecule is CCC(=O)CCC(CC(=O)CCC(NC(=O)CCC(CC(=O)COCCOCCN)C(=O)NC(CCC(=O)NC(CCC(=O)CC)C(=O)CC)C(=O)NC(CCC(=O)CC)C(=O)CC)C(=O)CC(CCC(=O)CC)C(=O)CC)C(=O)CC. The maximum absolute atomic E-state index is 14.5. The molecule has 4 amide bonds. The molecule has 0 aliphatic rings. The van der Waals surface area contributed by atoms with Crippen LogP contribution in [0.4, 0.5) is 0 Å². The Morgan fingerprint density at radius 2 is 0.671 bits per heavy atom. The molecule has 0 fully saturated rings. The van der Waals surface area contributed by atoms with Gasteiger partial charge >= 0.3 is 0 Å². The molecule has 7 unspecified atom stereocenters. The molecule has 0 aliphatic heterocycles. The molecule has 0 aliphatic carbocycles. The Kier molecular flexibility index (Phi) is 41.5. The van der Waals surface area contributed by atoms with Crippen molar-refractivity contribution in [1.82, 2.24) is 21.3 Å². The van der Waals surface area contributed by atoms with Crippen LogP contribution >= 0.6 is 0 Å². The highest BCUT2D eigenvalue weighted by Gasteiger charge is 2.33. The maximum atomic E-state index is 14.5. The largest absolute Gasteiger partial charge is 0.378 e. The van der Waals surface area contributed by atoms with Crippen LogP contribution in [0.2, 0.25) is 0 Å². The van der Waals surface area contributed by atoms with Crippen molar-refractivity contribution in [3.8, 4) is 0 Å². The summed E-state index contributed by atoms with van der Waals surface area (Å²) in [6, 6.07) is -5.10. The third kappa shape index (κ3) is 33.3. The Morgan fingerprint density at radius 1 is 0.317 bits per heavy atom. The highest BCUT2D eigenvalue weighted by molar-refractivity contribution is 5.97. The van der Waals surface area contributed by atoms with Crippen LogP contribution in [0.3, 0.4) is 0 Å². The van der Waals surface area contributed by atoms with E-state index in [-0.39, 0.29) is 202 Å². The van der Waals surface area contributed by atoms with E-state index in [4.69, 9.17) is 15.2 Å². The number of carbonyl (C=O) groups is 15. The molecular formula is C60H97N5O17. The average Bonchev–Trinajstić information content (AvgIpc) is 3.52. The van der Waals surface area contributed by atoms with Crippen LogP contribution in [0.25, 0.3) is 0 Å². The van der Waals surface area contributed by atoms with E-state index in [9.17, 15) is 71.9 Å². The molecule has 7 atom stereocenters. The lowest BCUT2D eigenvalue weighted by Gasteiger charge is -2.25. The molecule has 0 heterocycles. The summed E-state index contributed by atoms with van der Waals surface area (Å²) < 4.78 is 10.8. The normalized spacial score (nSPS) is 13.7. The predicted octanol–water partition coefficient (Wildman–Crippen LogP) is 4.94. The third-order valence-corrected chi connectivity index (χ3v) is 14.4. The first kappa shape index (κ1) is 76.1. The number of ether oxygens (including phenoxy) is 2. The Balaban J connectivity index is 7.20. The van der Waals surface area contributed by atoms with Crippen LogP contribution in [0.15, 0.2) is 0 Å². The maximum Gasteiger partial charge on any atom is 0.243 e. The Hall–Kier alpha value is -5.87. The van der Waals surface area contributed by atoms with Crippen LogP contribution in [-0.2, 0) is 81.4 Å². The third-order valence-electron chi connectivity index (χ3n) is 14.4. The minimum absolute atomic E-state index is 0.0118. The second-order valence-corrected chi connectivity index (χ2v) is 20.7. The zero-order valence-corrected chi connectivity index (χ0v) is 50.3. The van der Waals surface area contributed by atoms with Gasteiger partial charge in [0, 0.05) is 140 Å². The van der Waals surface area contributed by atoms with Gasteiger partial charge in [0.1, 0.15) is 53.1 Å². The van der Waals surface area contributed by atoms with Gasteiger partial charge in [-0.2, -0.15) is 0 Å². The first-order valence-electron chi connectivity index (χ1n) is 29.8. The van der Waals surface area contributed by atoms with Crippen LogP contribution in [-0.4, -0.2) is 144 Å². The quantitative estimate of drug-likeness (QED) is 0.0504. The summed E-state index contributed by atoms with van der Waals surface area (Å²) in [4.78, 5) is 198. The van der Waals surface area contributed by atoms with E-state index < -0.39 is 121 Å². The van der Waals surface area contributed by atoms with E-state index >= 15 is 0 Å². The first-order chi connectivity index (χ1) is 39.0. The summed E-state index contributed by atoms with van der Waals surface area (Å²) in [5, 5.41) is 10.5. The van der Waals surface area contributed by atoms with Crippen molar-refractivity contribution in [2.75, 3.05) is 33.0 Å². The lowest BCUT2D eigenvalue weighted by Crippen LogP contribution is -2.53. The molecule has 22 nitrogen and oxygen atoms in total. The van der Waals surface area contributed by atoms with Gasteiger partial charge in [-0.05, 0) is 44.9 Å². The molecule has 0 aromatic heterocycles. The Labute approximate surface area is 484 Å². The number of carbonyl (C=O) groups excluding carboxylic acids is 15. The van der Waals surface area contributed by atoms with Gasteiger partial charge in [0.25, 0.3) is 0 Å². The topological polar surface area (TPSA) is 349 Å². The van der Waals surface area contributed by atoms with Gasteiger partial charge in [-0.3, -0.25) is 71.9 Å². The number of nitrogens with two attached hydrogens (primary N) is 1. The molecule has 0 bridgehead atoms. The molecule has 0 saturated heterocycles. The minimum atomic E-state index is -1.57. The molecule has 22 heteroatoms. The van der Waals surface area contributed by atoms with E-state index in [2.05, 4.69) is 21.3 Å². The van der Waals surface area contributed by atoms with Crippen molar-refractivity contribution in [2.24, 2.45) is 23.5 Å². The van der Waals surface area contributed by atoms with Crippen LogP contribution in [0.5, 0.6) is 0 Å². The standard InChI is InChI=1S/C60H97N5O17/c1-9-42(66)20-17-39(52(72)13-5)35-46(70)24-27-50(56(76)37-40(53(73)14-6)18-21-43(67)10-2)63-57(77)29-19-41(36-47(71)38-82-34-33-81-32-31-61)59(79)65-51(60(80)64-49(55(75)16-8)26-23-45(69)12-4)28-30-58(78)62-48(54(74)15-7)25-22-44(68)11-3/h39-41,48-51H,9-38,61H2,1-8H3,(H,62,78)(H,63,77)(H,64,80)(H,65,79). The zero-order chi connectivity index (χ0) is 62.2. The number of rotatable bonds is 53. The van der Waals surface area contributed by atoms with Crippen molar-refractivity contribution < 1.29 is 81.4 Å². The van der Waals surface area contributed by atoms with Gasteiger partial charge in [-0.15, -0.1) is 0 Å². The van der Waals surface area contributed by atoms with E-state index in [1.165, 1.54) is 0 Å². The average molecular weight is 1160 g/mol. The number of Topliss-reactive ketones (excluding diaryl/α,β-unsaturated/α-hetero) is 11. The zero-order valence-electron chi connectivity index (χ0n) is 50.3. The van der Waals surface area contributed by atoms with E-state index in [0.717, 1.165) is 0 Å². The summed E-state index contributed by atoms with van der Waals surface area (Å²) in [7, 11) is 0. The number of nitrogens with one attached hydrogen (secondary N) is 4. The predicted molar refractivity (Wildman–Crippen MR) is 305 cm³/mol. The van der Waals surface area contributed by atoms with Crippen molar-refractivity contribution in [2.45, 2.75) is 240 Å². The number of ketones is 11. The second-order valence-electron chi connectivity index (χ2n) is 20.7. The smallest absolute Gasteiger partial charge is 0.243 e. The van der Waals surface area contributed by atoms with Crippen molar-refractivity contribution in [3.05, 3.63) is 0 Å². The highest BCUT2D eigenvalue weighted by atomic mass is 16.5. The van der Waals surface area contributed by atoms with E-state index in [0.29, 0.717) is 0 Å². The fraction of sp³-hybridized carbons (Fsp3) is 0.750. The van der Waals surface area contributed by atoms with Gasteiger partial charge in [-0.1, -0.05) is 55.4 Å². The monoisotopic (exact) mass is 1160 g/mol. The number of amides is 4. The van der Waals surface area contributed by atoms with Gasteiger partial charge in [0.15, 0.2) is 23.1 Å². The molecule has 82 heavy (non-hydrogen) atoms. The Bertz CT molecular complexity index is 2140. The number of hydrogen-bond donors (Lipinski definition) is 5. The Morgan fingerprint density at radius 3 is 1.12 bits per heavy atom. The molecule has 0 spiro atoms. The molecule has 464 valence electrons. The van der Waals surface area contributed by atoms with Crippen LogP contribution in [0, 0.1) is 17.8 Å². The van der Waals surface area contributed by atoms with E-state index in [1.807, 2.05) is 0 Å². The summed E-state index contributed by atoms with van der Waals surface area (Å²) in [5.74, 6) is -9.66. The molecule has 6 N–H and O–H groups in total. The molecule has 0 rings (SSSR count). The van der Waals surface area contributed by atoms with Crippen molar-refractivity contribution in [3.63, 3.8) is 0 Å².